The third-order valence-electron chi connectivity index (χ3n) is 3.74. The number of anilines is 1. The Balaban J connectivity index is 1.99. The largest absolute Gasteiger partial charge is 0.444 e. The van der Waals surface area contributed by atoms with Crippen LogP contribution >= 0.6 is 23.2 Å². The van der Waals surface area contributed by atoms with Crippen LogP contribution in [0.2, 0.25) is 10.0 Å². The lowest BCUT2D eigenvalue weighted by Gasteiger charge is -2.35. The van der Waals surface area contributed by atoms with Crippen molar-refractivity contribution in [2.75, 3.05) is 18.0 Å². The van der Waals surface area contributed by atoms with Gasteiger partial charge < -0.3 is 15.0 Å². The number of rotatable bonds is 3. The lowest BCUT2D eigenvalue weighted by Crippen LogP contribution is -2.46. The molecule has 7 nitrogen and oxygen atoms in total. The van der Waals surface area contributed by atoms with Gasteiger partial charge in [-0.3, -0.25) is 10.1 Å². The molecule has 2 rings (SSSR count). The number of nitrogens with one attached hydrogen (secondary N) is 1. The molecule has 0 unspecified atom stereocenters. The van der Waals surface area contributed by atoms with E-state index >= 15 is 0 Å². The van der Waals surface area contributed by atoms with Gasteiger partial charge in [-0.25, -0.2) is 4.79 Å². The van der Waals surface area contributed by atoms with E-state index in [-0.39, 0.29) is 21.8 Å². The van der Waals surface area contributed by atoms with Crippen molar-refractivity contribution >= 4 is 40.7 Å². The lowest BCUT2D eigenvalue weighted by molar-refractivity contribution is -0.384. The van der Waals surface area contributed by atoms with Crippen LogP contribution in [-0.4, -0.2) is 35.7 Å². The average Bonchev–Trinajstić information content (AvgIpc) is 2.46. The van der Waals surface area contributed by atoms with E-state index in [1.165, 1.54) is 12.1 Å². The molecule has 0 saturated carbocycles. The van der Waals surface area contributed by atoms with Gasteiger partial charge in [0.25, 0.3) is 5.69 Å². The minimum absolute atomic E-state index is 0.00157. The molecule has 1 aromatic rings. The first-order chi connectivity index (χ1) is 11.6. The minimum Gasteiger partial charge on any atom is -0.444 e. The first-order valence-corrected chi connectivity index (χ1v) is 8.70. The number of carbonyl (C=O) groups is 1. The highest BCUT2D eigenvalue weighted by Crippen LogP contribution is 2.38. The van der Waals surface area contributed by atoms with Gasteiger partial charge in [0.2, 0.25) is 0 Å². The molecule has 1 aliphatic heterocycles. The molecule has 0 bridgehead atoms. The Labute approximate surface area is 156 Å². The van der Waals surface area contributed by atoms with Gasteiger partial charge >= 0.3 is 6.09 Å². The highest BCUT2D eigenvalue weighted by Gasteiger charge is 2.26. The summed E-state index contributed by atoms with van der Waals surface area (Å²) in [5.74, 6) is 0. The SMILES string of the molecule is CC(C)(C)OC(=O)NC1CCN(c2c(Cl)cc([N+](=O)[O-])cc2Cl)CC1. The van der Waals surface area contributed by atoms with E-state index in [4.69, 9.17) is 27.9 Å². The number of nitro groups is 1. The zero-order valence-electron chi connectivity index (χ0n) is 14.3. The predicted octanol–water partition coefficient (Wildman–Crippen LogP) is 4.40. The fourth-order valence-electron chi connectivity index (χ4n) is 2.68. The van der Waals surface area contributed by atoms with Crippen molar-refractivity contribution in [3.63, 3.8) is 0 Å². The van der Waals surface area contributed by atoms with Crippen LogP contribution in [0.1, 0.15) is 33.6 Å². The quantitative estimate of drug-likeness (QED) is 0.611. The second-order valence-corrected chi connectivity index (χ2v) is 7.74. The summed E-state index contributed by atoms with van der Waals surface area (Å²) < 4.78 is 5.26. The maximum Gasteiger partial charge on any atom is 0.407 e. The number of benzene rings is 1. The molecule has 138 valence electrons. The summed E-state index contributed by atoms with van der Waals surface area (Å²) in [5.41, 5.74) is -0.0881. The fourth-order valence-corrected chi connectivity index (χ4v) is 3.40. The highest BCUT2D eigenvalue weighted by atomic mass is 35.5. The molecule has 0 radical (unpaired) electrons. The van der Waals surface area contributed by atoms with Crippen molar-refractivity contribution in [2.45, 2.75) is 45.3 Å². The zero-order chi connectivity index (χ0) is 18.8. The third kappa shape index (κ3) is 5.37. The average molecular weight is 390 g/mol. The Morgan fingerprint density at radius 2 is 1.80 bits per heavy atom. The summed E-state index contributed by atoms with van der Waals surface area (Å²) in [6, 6.07) is 2.60. The molecule has 0 atom stereocenters. The number of ether oxygens (including phenoxy) is 1. The molecular weight excluding hydrogens is 369 g/mol. The number of hydrogen-bond acceptors (Lipinski definition) is 5. The van der Waals surface area contributed by atoms with Crippen molar-refractivity contribution in [1.29, 1.82) is 0 Å². The smallest absolute Gasteiger partial charge is 0.407 e. The van der Waals surface area contributed by atoms with Crippen molar-refractivity contribution in [3.05, 3.63) is 32.3 Å². The number of amides is 1. The summed E-state index contributed by atoms with van der Waals surface area (Å²) in [6.45, 7) is 6.69. The van der Waals surface area contributed by atoms with Crippen LogP contribution in [0.25, 0.3) is 0 Å². The predicted molar refractivity (Wildman–Crippen MR) is 97.7 cm³/mol. The Morgan fingerprint density at radius 3 is 2.24 bits per heavy atom. The Kier molecular flexibility index (Phi) is 6.00. The van der Waals surface area contributed by atoms with Gasteiger partial charge in [0, 0.05) is 31.3 Å². The number of piperidine rings is 1. The number of hydrogen-bond donors (Lipinski definition) is 1. The van der Waals surface area contributed by atoms with E-state index in [1.807, 2.05) is 25.7 Å². The van der Waals surface area contributed by atoms with Crippen LogP contribution < -0.4 is 10.2 Å². The van der Waals surface area contributed by atoms with E-state index in [9.17, 15) is 14.9 Å². The van der Waals surface area contributed by atoms with Gasteiger partial charge in [0.15, 0.2) is 0 Å². The molecule has 0 aromatic heterocycles. The van der Waals surface area contributed by atoms with Crippen molar-refractivity contribution in [1.82, 2.24) is 5.32 Å². The molecule has 9 heteroatoms. The summed E-state index contributed by atoms with van der Waals surface area (Å²) in [5, 5.41) is 14.2. The van der Waals surface area contributed by atoms with Crippen LogP contribution in [0.5, 0.6) is 0 Å². The van der Waals surface area contributed by atoms with Crippen LogP contribution in [0, 0.1) is 10.1 Å². The van der Waals surface area contributed by atoms with E-state index in [2.05, 4.69) is 5.32 Å². The van der Waals surface area contributed by atoms with E-state index in [0.29, 0.717) is 31.6 Å². The summed E-state index contributed by atoms with van der Waals surface area (Å²) in [4.78, 5) is 24.1. The Bertz CT molecular complexity index is 645. The second kappa shape index (κ2) is 7.66. The molecule has 1 aromatic carbocycles. The van der Waals surface area contributed by atoms with Gasteiger partial charge in [-0.2, -0.15) is 0 Å². The summed E-state index contributed by atoms with van der Waals surface area (Å²) in [6.07, 6.45) is 0.962. The maximum absolute atomic E-state index is 11.8. The van der Waals surface area contributed by atoms with E-state index in [1.54, 1.807) is 0 Å². The molecule has 1 N–H and O–H groups in total. The van der Waals surface area contributed by atoms with Crippen LogP contribution in [-0.2, 0) is 4.74 Å². The molecule has 0 spiro atoms. The standard InChI is InChI=1S/C16H21Cl2N3O4/c1-16(2,3)25-15(22)19-10-4-6-20(7-5-10)14-12(17)8-11(21(23)24)9-13(14)18/h8-10H,4-7H2,1-3H3,(H,19,22). The van der Waals surface area contributed by atoms with E-state index in [0.717, 1.165) is 0 Å². The zero-order valence-corrected chi connectivity index (χ0v) is 15.9. The molecule has 1 amide bonds. The van der Waals surface area contributed by atoms with Gasteiger partial charge in [0.05, 0.1) is 20.7 Å². The van der Waals surface area contributed by atoms with Gasteiger partial charge in [-0.05, 0) is 33.6 Å². The molecular formula is C16H21Cl2N3O4. The first-order valence-electron chi connectivity index (χ1n) is 7.95. The minimum atomic E-state index is -0.537. The van der Waals surface area contributed by atoms with Crippen molar-refractivity contribution in [2.24, 2.45) is 0 Å². The maximum atomic E-state index is 11.8. The number of carbonyl (C=O) groups excluding carboxylic acids is 1. The molecule has 1 saturated heterocycles. The molecule has 1 fully saturated rings. The number of non-ortho nitro benzene ring substituents is 1. The summed E-state index contributed by atoms with van der Waals surface area (Å²) >= 11 is 12.4. The Morgan fingerprint density at radius 1 is 1.28 bits per heavy atom. The topological polar surface area (TPSA) is 84.7 Å². The van der Waals surface area contributed by atoms with Crippen molar-refractivity contribution in [3.8, 4) is 0 Å². The van der Waals surface area contributed by atoms with Gasteiger partial charge in [-0.15, -0.1) is 0 Å². The Hall–Kier alpha value is -1.73. The van der Waals surface area contributed by atoms with Gasteiger partial charge in [-0.1, -0.05) is 23.2 Å². The summed E-state index contributed by atoms with van der Waals surface area (Å²) in [7, 11) is 0. The normalized spacial score (nSPS) is 15.8. The van der Waals surface area contributed by atoms with Crippen LogP contribution in [0.15, 0.2) is 12.1 Å². The monoisotopic (exact) mass is 389 g/mol. The van der Waals surface area contributed by atoms with Crippen LogP contribution in [0.3, 0.4) is 0 Å². The van der Waals surface area contributed by atoms with E-state index < -0.39 is 16.6 Å². The number of nitrogens with zero attached hydrogens (tertiary/aromatic N) is 2. The lowest BCUT2D eigenvalue weighted by atomic mass is 10.0. The van der Waals surface area contributed by atoms with Crippen LogP contribution in [0.4, 0.5) is 16.2 Å². The molecule has 0 aliphatic carbocycles. The molecule has 1 heterocycles. The fraction of sp³-hybridized carbons (Fsp3) is 0.562. The third-order valence-corrected chi connectivity index (χ3v) is 4.32. The highest BCUT2D eigenvalue weighted by molar-refractivity contribution is 6.39. The number of nitro benzene ring substituents is 1. The first kappa shape index (κ1) is 19.6. The van der Waals surface area contributed by atoms with Gasteiger partial charge in [0.1, 0.15) is 5.60 Å². The van der Waals surface area contributed by atoms with Crippen molar-refractivity contribution < 1.29 is 14.5 Å². The number of halogens is 2. The second-order valence-electron chi connectivity index (χ2n) is 6.92. The number of alkyl carbamates (subject to hydrolysis) is 1. The molecule has 1 aliphatic rings. The molecule has 25 heavy (non-hydrogen) atoms.